The molecule has 0 N–H and O–H groups in total. The molecule has 18 heavy (non-hydrogen) atoms. The second-order valence-electron chi connectivity index (χ2n) is 4.07. The van der Waals surface area contributed by atoms with Crippen LogP contribution in [0.15, 0.2) is 71.3 Å². The number of hydrogen-bond donors (Lipinski definition) is 0. The van der Waals surface area contributed by atoms with Gasteiger partial charge in [0.25, 0.3) is 0 Å². The summed E-state index contributed by atoms with van der Waals surface area (Å²) in [4.78, 5) is 4.44. The van der Waals surface area contributed by atoms with E-state index in [1.54, 1.807) is 0 Å². The van der Waals surface area contributed by atoms with E-state index in [4.69, 9.17) is 4.74 Å². The molecule has 0 radical (unpaired) electrons. The average molecular weight is 233 g/mol. The van der Waals surface area contributed by atoms with Gasteiger partial charge in [-0.1, -0.05) is 23.9 Å². The highest BCUT2D eigenvalue weighted by Gasteiger charge is 2.02. The van der Waals surface area contributed by atoms with Gasteiger partial charge >= 0.3 is 0 Å². The molecule has 0 aliphatic heterocycles. The summed E-state index contributed by atoms with van der Waals surface area (Å²) in [6.07, 6.45) is 3.80. The second-order valence-corrected chi connectivity index (χ2v) is 4.07. The Bertz CT molecular complexity index is 743. The van der Waals surface area contributed by atoms with Crippen LogP contribution in [0.25, 0.3) is 10.9 Å². The van der Waals surface area contributed by atoms with Crippen LogP contribution in [0.3, 0.4) is 0 Å². The van der Waals surface area contributed by atoms with E-state index in [0.717, 1.165) is 16.5 Å². The van der Waals surface area contributed by atoms with E-state index in [9.17, 15) is 0 Å². The predicted octanol–water partition coefficient (Wildman–Crippen LogP) is 3.77. The smallest absolute Gasteiger partial charge is 0.220 e. The normalized spacial score (nSPS) is 13.4. The number of nitrogens with zero attached hydrogens (tertiary/aromatic N) is 1. The molecule has 86 valence electrons. The molecule has 1 aliphatic carbocycles. The van der Waals surface area contributed by atoms with Gasteiger partial charge in [-0.25, -0.2) is 4.98 Å². The van der Waals surface area contributed by atoms with Crippen LogP contribution in [0.1, 0.15) is 6.92 Å². The van der Waals surface area contributed by atoms with Crippen molar-refractivity contribution >= 4 is 10.9 Å². The van der Waals surface area contributed by atoms with E-state index in [-0.39, 0.29) is 0 Å². The number of para-hydroxylation sites is 1. The van der Waals surface area contributed by atoms with Gasteiger partial charge in [-0.15, -0.1) is 0 Å². The molecule has 1 aromatic heterocycles. The molecule has 2 nitrogen and oxygen atoms in total. The minimum absolute atomic E-state index is 0.571. The Morgan fingerprint density at radius 2 is 1.89 bits per heavy atom. The number of aromatic nitrogens is 1. The fourth-order valence-electron chi connectivity index (χ4n) is 1.72. The summed E-state index contributed by atoms with van der Waals surface area (Å²) in [5.74, 6) is 1.20. The lowest BCUT2D eigenvalue weighted by Crippen LogP contribution is -1.94. The van der Waals surface area contributed by atoms with Crippen molar-refractivity contribution in [3.8, 4) is 5.88 Å². The maximum Gasteiger partial charge on any atom is 0.220 e. The van der Waals surface area contributed by atoms with E-state index in [1.165, 1.54) is 0 Å². The quantitative estimate of drug-likeness (QED) is 0.737. The molecule has 0 unspecified atom stereocenters. The Balaban J connectivity index is 1.97. The van der Waals surface area contributed by atoms with E-state index in [2.05, 4.69) is 16.4 Å². The topological polar surface area (TPSA) is 22.1 Å². The molecule has 0 saturated carbocycles. The summed E-state index contributed by atoms with van der Waals surface area (Å²) in [5.41, 5.74) is 7.88. The third-order valence-corrected chi connectivity index (χ3v) is 2.65. The molecule has 0 amide bonds. The predicted molar refractivity (Wildman–Crippen MR) is 71.2 cm³/mol. The molecule has 0 spiro atoms. The molecule has 0 saturated heterocycles. The number of ether oxygens (including phenoxy) is 1. The van der Waals surface area contributed by atoms with Gasteiger partial charge in [0.2, 0.25) is 5.88 Å². The van der Waals surface area contributed by atoms with Crippen molar-refractivity contribution in [3.05, 3.63) is 71.3 Å². The van der Waals surface area contributed by atoms with Crippen LogP contribution < -0.4 is 4.74 Å². The van der Waals surface area contributed by atoms with E-state index in [0.29, 0.717) is 11.6 Å². The minimum atomic E-state index is 0.571. The van der Waals surface area contributed by atoms with E-state index >= 15 is 0 Å². The van der Waals surface area contributed by atoms with Crippen LogP contribution in [0, 0.1) is 0 Å². The second kappa shape index (κ2) is 4.38. The van der Waals surface area contributed by atoms with E-state index in [1.807, 2.05) is 55.5 Å². The Kier molecular flexibility index (Phi) is 2.59. The highest BCUT2D eigenvalue weighted by atomic mass is 16.5. The lowest BCUT2D eigenvalue weighted by Gasteiger charge is -2.05. The first-order valence-corrected chi connectivity index (χ1v) is 5.75. The summed E-state index contributed by atoms with van der Waals surface area (Å²) >= 11 is 0. The third-order valence-electron chi connectivity index (χ3n) is 2.65. The highest BCUT2D eigenvalue weighted by molar-refractivity contribution is 5.78. The van der Waals surface area contributed by atoms with Gasteiger partial charge in [0, 0.05) is 11.5 Å². The average Bonchev–Trinajstić information content (AvgIpc) is 2.41. The lowest BCUT2D eigenvalue weighted by molar-refractivity contribution is 0.429. The molecular weight excluding hydrogens is 222 g/mol. The van der Waals surface area contributed by atoms with Crippen molar-refractivity contribution in [3.63, 3.8) is 0 Å². The molecular formula is C16H11NO. The van der Waals surface area contributed by atoms with E-state index < -0.39 is 0 Å². The van der Waals surface area contributed by atoms with Gasteiger partial charge in [-0.2, -0.15) is 0 Å². The van der Waals surface area contributed by atoms with Crippen molar-refractivity contribution in [2.24, 2.45) is 0 Å². The molecule has 3 rings (SSSR count). The molecule has 0 fully saturated rings. The first-order valence-electron chi connectivity index (χ1n) is 5.75. The molecule has 0 bridgehead atoms. The fraction of sp³-hybridized carbons (Fsp3) is 0.0625. The highest BCUT2D eigenvalue weighted by Crippen LogP contribution is 2.18. The zero-order chi connectivity index (χ0) is 12.4. The summed E-state index contributed by atoms with van der Waals surface area (Å²) in [7, 11) is 0. The summed E-state index contributed by atoms with van der Waals surface area (Å²) in [6.45, 7) is 1.97. The summed E-state index contributed by atoms with van der Waals surface area (Å²) < 4.78 is 5.64. The van der Waals surface area contributed by atoms with Crippen LogP contribution in [0.4, 0.5) is 0 Å². The molecule has 1 aliphatic rings. The monoisotopic (exact) mass is 233 g/mol. The minimum Gasteiger partial charge on any atom is -0.430 e. The Hall–Kier alpha value is -2.53. The van der Waals surface area contributed by atoms with Crippen molar-refractivity contribution in [1.29, 1.82) is 0 Å². The number of pyridine rings is 1. The third kappa shape index (κ3) is 2.11. The maximum atomic E-state index is 5.64. The maximum absolute atomic E-state index is 5.64. The van der Waals surface area contributed by atoms with Crippen LogP contribution in [-0.4, -0.2) is 4.98 Å². The number of rotatable bonds is 2. The van der Waals surface area contributed by atoms with Gasteiger partial charge in [0.15, 0.2) is 5.76 Å². The zero-order valence-electron chi connectivity index (χ0n) is 9.97. The molecule has 2 aromatic rings. The van der Waals surface area contributed by atoms with Crippen LogP contribution in [-0.2, 0) is 0 Å². The van der Waals surface area contributed by atoms with Crippen molar-refractivity contribution in [1.82, 2.24) is 4.98 Å². The SMILES string of the molecule is CC1=C=C=C(Oc2ccc3ccccc3n2)C=C1. The number of hydrogen-bond acceptors (Lipinski definition) is 2. The number of fused-ring (bicyclic) bond motifs is 1. The molecule has 0 atom stereocenters. The largest absolute Gasteiger partial charge is 0.430 e. The standard InChI is InChI=1S/C16H11NO/c1-12-6-9-14(10-7-12)18-16-11-8-13-4-2-3-5-15(13)17-16/h2-6,8-9,11H,1H3. The zero-order valence-corrected chi connectivity index (χ0v) is 9.97. The van der Waals surface area contributed by atoms with Gasteiger partial charge in [0.1, 0.15) is 0 Å². The van der Waals surface area contributed by atoms with Crippen LogP contribution in [0.2, 0.25) is 0 Å². The van der Waals surface area contributed by atoms with Gasteiger partial charge in [0.05, 0.1) is 5.52 Å². The lowest BCUT2D eigenvalue weighted by atomic mass is 10.2. The van der Waals surface area contributed by atoms with Crippen LogP contribution in [0.5, 0.6) is 5.88 Å². The Morgan fingerprint density at radius 3 is 2.72 bits per heavy atom. The van der Waals surface area contributed by atoms with Gasteiger partial charge in [-0.3, -0.25) is 0 Å². The van der Waals surface area contributed by atoms with Gasteiger partial charge in [-0.05, 0) is 42.5 Å². The fourth-order valence-corrected chi connectivity index (χ4v) is 1.72. The summed E-state index contributed by atoms with van der Waals surface area (Å²) in [5, 5.41) is 1.10. The van der Waals surface area contributed by atoms with Crippen LogP contribution >= 0.6 is 0 Å². The molecule has 2 heteroatoms. The Morgan fingerprint density at radius 1 is 1.00 bits per heavy atom. The number of benzene rings is 1. The van der Waals surface area contributed by atoms with Gasteiger partial charge < -0.3 is 4.74 Å². The Labute approximate surface area is 105 Å². The van der Waals surface area contributed by atoms with Crippen molar-refractivity contribution in [2.45, 2.75) is 6.92 Å². The molecule has 1 heterocycles. The first-order chi connectivity index (χ1) is 8.81. The van der Waals surface area contributed by atoms with Crippen molar-refractivity contribution in [2.75, 3.05) is 0 Å². The first kappa shape index (κ1) is 10.6. The summed E-state index contributed by atoms with van der Waals surface area (Å²) in [6, 6.07) is 11.8. The van der Waals surface area contributed by atoms with Crippen molar-refractivity contribution < 1.29 is 4.74 Å². The number of allylic oxidation sites excluding steroid dienone is 3. The molecule has 1 aromatic carbocycles.